The van der Waals surface area contributed by atoms with E-state index in [1.54, 1.807) is 0 Å². The quantitative estimate of drug-likeness (QED) is 0.774. The van der Waals surface area contributed by atoms with Crippen LogP contribution in [0.5, 0.6) is 5.88 Å². The van der Waals surface area contributed by atoms with Crippen LogP contribution in [-0.4, -0.2) is 54.0 Å². The third-order valence-corrected chi connectivity index (χ3v) is 3.71. The molecule has 2 heterocycles. The molecule has 0 aromatic carbocycles. The molecular weight excluding hydrogens is 274 g/mol. The molecule has 1 aliphatic heterocycles. The van der Waals surface area contributed by atoms with Crippen LogP contribution in [0.25, 0.3) is 0 Å². The van der Waals surface area contributed by atoms with E-state index < -0.39 is 0 Å². The second kappa shape index (κ2) is 6.26. The molecule has 1 aromatic rings. The smallest absolute Gasteiger partial charge is 0.290 e. The Kier molecular flexibility index (Phi) is 4.19. The molecule has 7 nitrogen and oxygen atoms in total. The van der Waals surface area contributed by atoms with Gasteiger partial charge in [-0.05, 0) is 37.4 Å². The Morgan fingerprint density at radius 3 is 3.14 bits per heavy atom. The number of nitrogens with zero attached hydrogens (tertiary/aromatic N) is 2. The van der Waals surface area contributed by atoms with Crippen molar-refractivity contribution in [3.8, 4) is 5.88 Å². The predicted molar refractivity (Wildman–Crippen MR) is 73.1 cm³/mol. The predicted octanol–water partition coefficient (Wildman–Crippen LogP) is 0.609. The summed E-state index contributed by atoms with van der Waals surface area (Å²) in [6.45, 7) is 2.02. The SMILES string of the molecule is O=CCN1CCCC(Oc2cc(C(=O)NC3CC3)on2)C1. The van der Waals surface area contributed by atoms with E-state index in [0.717, 1.165) is 38.5 Å². The first kappa shape index (κ1) is 14.1. The third kappa shape index (κ3) is 3.81. The molecule has 2 aliphatic rings. The molecule has 0 spiro atoms. The Labute approximate surface area is 122 Å². The minimum absolute atomic E-state index is 0.0249. The standard InChI is InChI=1S/C14H19N3O4/c18-7-6-17-5-1-2-11(9-17)20-13-8-12(21-16-13)14(19)15-10-3-4-10/h7-8,10-11H,1-6,9H2,(H,15,19). The number of ether oxygens (including phenoxy) is 1. The summed E-state index contributed by atoms with van der Waals surface area (Å²) in [5.74, 6) is 0.262. The van der Waals surface area contributed by atoms with Gasteiger partial charge in [0, 0.05) is 12.6 Å². The maximum Gasteiger partial charge on any atom is 0.290 e. The number of nitrogens with one attached hydrogen (secondary N) is 1. The monoisotopic (exact) mass is 293 g/mol. The number of hydrogen-bond donors (Lipinski definition) is 1. The fourth-order valence-corrected chi connectivity index (χ4v) is 2.46. The summed E-state index contributed by atoms with van der Waals surface area (Å²) in [5.41, 5.74) is 0. The molecule has 1 atom stereocenters. The van der Waals surface area contributed by atoms with Gasteiger partial charge in [-0.1, -0.05) is 0 Å². The number of hydrogen-bond acceptors (Lipinski definition) is 6. The van der Waals surface area contributed by atoms with E-state index in [1.807, 2.05) is 4.90 Å². The lowest BCUT2D eigenvalue weighted by Crippen LogP contribution is -2.41. The van der Waals surface area contributed by atoms with Gasteiger partial charge in [-0.25, -0.2) is 0 Å². The van der Waals surface area contributed by atoms with Gasteiger partial charge in [-0.2, -0.15) is 0 Å². The molecule has 1 unspecified atom stereocenters. The maximum absolute atomic E-state index is 11.8. The molecule has 1 amide bonds. The van der Waals surface area contributed by atoms with Gasteiger partial charge in [0.05, 0.1) is 12.6 Å². The minimum Gasteiger partial charge on any atom is -0.471 e. The van der Waals surface area contributed by atoms with Gasteiger partial charge in [-0.15, -0.1) is 0 Å². The van der Waals surface area contributed by atoms with Gasteiger partial charge in [0.25, 0.3) is 11.8 Å². The van der Waals surface area contributed by atoms with Crippen LogP contribution in [-0.2, 0) is 4.79 Å². The minimum atomic E-state index is -0.244. The first-order valence-electron chi connectivity index (χ1n) is 7.35. The summed E-state index contributed by atoms with van der Waals surface area (Å²) < 4.78 is 10.8. The van der Waals surface area contributed by atoms with E-state index in [2.05, 4.69) is 10.5 Å². The van der Waals surface area contributed by atoms with Crippen molar-refractivity contribution >= 4 is 12.2 Å². The van der Waals surface area contributed by atoms with E-state index in [1.165, 1.54) is 6.07 Å². The fraction of sp³-hybridized carbons (Fsp3) is 0.643. The van der Waals surface area contributed by atoms with E-state index in [-0.39, 0.29) is 23.8 Å². The summed E-state index contributed by atoms with van der Waals surface area (Å²) >= 11 is 0. The number of aldehydes is 1. The first-order chi connectivity index (χ1) is 10.2. The van der Waals surface area contributed by atoms with Crippen LogP contribution in [0.1, 0.15) is 36.2 Å². The number of carbonyl (C=O) groups is 2. The van der Waals surface area contributed by atoms with Crippen LogP contribution in [0.15, 0.2) is 10.6 Å². The van der Waals surface area contributed by atoms with Gasteiger partial charge in [-0.3, -0.25) is 9.69 Å². The van der Waals surface area contributed by atoms with Crippen LogP contribution in [0.2, 0.25) is 0 Å². The normalized spacial score (nSPS) is 22.8. The number of likely N-dealkylation sites (tertiary alicyclic amines) is 1. The van der Waals surface area contributed by atoms with Crippen LogP contribution >= 0.6 is 0 Å². The summed E-state index contributed by atoms with van der Waals surface area (Å²) in [7, 11) is 0. The zero-order valence-electron chi connectivity index (χ0n) is 11.8. The van der Waals surface area contributed by atoms with Crippen LogP contribution in [0.3, 0.4) is 0 Å². The molecule has 1 aliphatic carbocycles. The van der Waals surface area contributed by atoms with Gasteiger partial charge in [0.1, 0.15) is 12.4 Å². The van der Waals surface area contributed by atoms with Gasteiger partial charge >= 0.3 is 0 Å². The zero-order chi connectivity index (χ0) is 14.7. The Bertz CT molecular complexity index is 512. The van der Waals surface area contributed by atoms with Crippen molar-refractivity contribution in [3.63, 3.8) is 0 Å². The van der Waals surface area contributed by atoms with E-state index in [4.69, 9.17) is 9.26 Å². The number of carbonyl (C=O) groups excluding carboxylic acids is 2. The highest BCUT2D eigenvalue weighted by Crippen LogP contribution is 2.21. The molecule has 0 radical (unpaired) electrons. The molecule has 0 bridgehead atoms. The fourth-order valence-electron chi connectivity index (χ4n) is 2.46. The van der Waals surface area contributed by atoms with Crippen molar-refractivity contribution in [3.05, 3.63) is 11.8 Å². The van der Waals surface area contributed by atoms with Gasteiger partial charge < -0.3 is 19.4 Å². The average Bonchev–Trinajstić information content (AvgIpc) is 3.16. The molecule has 114 valence electrons. The lowest BCUT2D eigenvalue weighted by Gasteiger charge is -2.30. The zero-order valence-corrected chi connectivity index (χ0v) is 11.8. The van der Waals surface area contributed by atoms with Crippen LogP contribution in [0, 0.1) is 0 Å². The van der Waals surface area contributed by atoms with Crippen molar-refractivity contribution in [1.82, 2.24) is 15.4 Å². The van der Waals surface area contributed by atoms with E-state index >= 15 is 0 Å². The topological polar surface area (TPSA) is 84.7 Å². The van der Waals surface area contributed by atoms with Crippen LogP contribution in [0.4, 0.5) is 0 Å². The van der Waals surface area contributed by atoms with Crippen molar-refractivity contribution in [2.45, 2.75) is 37.8 Å². The molecule has 2 fully saturated rings. The van der Waals surface area contributed by atoms with Crippen molar-refractivity contribution in [2.24, 2.45) is 0 Å². The third-order valence-electron chi connectivity index (χ3n) is 3.71. The Morgan fingerprint density at radius 1 is 1.52 bits per heavy atom. The lowest BCUT2D eigenvalue weighted by molar-refractivity contribution is -0.109. The summed E-state index contributed by atoms with van der Waals surface area (Å²) in [4.78, 5) is 24.4. The largest absolute Gasteiger partial charge is 0.471 e. The lowest BCUT2D eigenvalue weighted by atomic mass is 10.1. The van der Waals surface area contributed by atoms with Crippen molar-refractivity contribution in [2.75, 3.05) is 19.6 Å². The molecule has 1 aromatic heterocycles. The summed E-state index contributed by atoms with van der Waals surface area (Å²) in [5, 5.41) is 6.62. The second-order valence-electron chi connectivity index (χ2n) is 5.59. The number of amides is 1. The maximum atomic E-state index is 11.8. The molecule has 21 heavy (non-hydrogen) atoms. The number of aromatic nitrogens is 1. The number of rotatable bonds is 6. The highest BCUT2D eigenvalue weighted by atomic mass is 16.5. The van der Waals surface area contributed by atoms with Gasteiger partial charge in [0.2, 0.25) is 5.76 Å². The van der Waals surface area contributed by atoms with Crippen molar-refractivity contribution in [1.29, 1.82) is 0 Å². The summed E-state index contributed by atoms with van der Waals surface area (Å²) in [6.07, 6.45) is 4.81. The van der Waals surface area contributed by atoms with E-state index in [9.17, 15) is 9.59 Å². The van der Waals surface area contributed by atoms with Crippen LogP contribution < -0.4 is 10.1 Å². The molecule has 3 rings (SSSR count). The average molecular weight is 293 g/mol. The highest BCUT2D eigenvalue weighted by molar-refractivity contribution is 5.91. The Balaban J connectivity index is 1.53. The molecular formula is C14H19N3O4. The van der Waals surface area contributed by atoms with Crippen molar-refractivity contribution < 1.29 is 18.8 Å². The molecule has 1 saturated heterocycles. The Hall–Kier alpha value is -1.89. The Morgan fingerprint density at radius 2 is 2.38 bits per heavy atom. The van der Waals surface area contributed by atoms with Gasteiger partial charge in [0.15, 0.2) is 0 Å². The molecule has 1 saturated carbocycles. The second-order valence-corrected chi connectivity index (χ2v) is 5.59. The highest BCUT2D eigenvalue weighted by Gasteiger charge is 2.27. The molecule has 7 heteroatoms. The van der Waals surface area contributed by atoms with E-state index in [0.29, 0.717) is 19.0 Å². The summed E-state index contributed by atoms with van der Waals surface area (Å²) in [6, 6.07) is 1.80. The first-order valence-corrected chi connectivity index (χ1v) is 7.35. The molecule has 1 N–H and O–H groups in total. The number of piperidine rings is 1.